The van der Waals surface area contributed by atoms with Crippen molar-refractivity contribution >= 4 is 0 Å². The highest BCUT2D eigenvalue weighted by Gasteiger charge is 2.39. The molecule has 1 aliphatic carbocycles. The van der Waals surface area contributed by atoms with Gasteiger partial charge in [0.15, 0.2) is 0 Å². The molecular weight excluding hydrogens is 140 g/mol. The van der Waals surface area contributed by atoms with E-state index < -0.39 is 0 Å². The molecule has 2 nitrogen and oxygen atoms in total. The SMILES string of the molecule is CC1=CC2(C)OCOC2C=C1. The van der Waals surface area contributed by atoms with Crippen molar-refractivity contribution in [2.75, 3.05) is 6.79 Å². The summed E-state index contributed by atoms with van der Waals surface area (Å²) in [7, 11) is 0. The summed E-state index contributed by atoms with van der Waals surface area (Å²) in [5.74, 6) is 0. The second kappa shape index (κ2) is 2.19. The number of rotatable bonds is 0. The third-order valence-electron chi connectivity index (χ3n) is 2.23. The molecule has 11 heavy (non-hydrogen) atoms. The van der Waals surface area contributed by atoms with Gasteiger partial charge in [0.05, 0.1) is 0 Å². The lowest BCUT2D eigenvalue weighted by Gasteiger charge is -2.26. The van der Waals surface area contributed by atoms with Crippen LogP contribution in [0.2, 0.25) is 0 Å². The Morgan fingerprint density at radius 2 is 2.45 bits per heavy atom. The Balaban J connectivity index is 2.33. The lowest BCUT2D eigenvalue weighted by molar-refractivity contribution is 0.0250. The summed E-state index contributed by atoms with van der Waals surface area (Å²) in [4.78, 5) is 0. The molecule has 1 aliphatic heterocycles. The first-order valence-electron chi connectivity index (χ1n) is 3.84. The number of hydrogen-bond donors (Lipinski definition) is 0. The van der Waals surface area contributed by atoms with Gasteiger partial charge >= 0.3 is 0 Å². The fourth-order valence-corrected chi connectivity index (χ4v) is 1.59. The minimum absolute atomic E-state index is 0.117. The van der Waals surface area contributed by atoms with Crippen molar-refractivity contribution in [3.8, 4) is 0 Å². The Bertz CT molecular complexity index is 230. The first-order valence-corrected chi connectivity index (χ1v) is 3.84. The van der Waals surface area contributed by atoms with Gasteiger partial charge in [0.1, 0.15) is 18.5 Å². The highest BCUT2D eigenvalue weighted by atomic mass is 16.7. The molecule has 0 N–H and O–H groups in total. The van der Waals surface area contributed by atoms with Crippen LogP contribution in [0.5, 0.6) is 0 Å². The highest BCUT2D eigenvalue weighted by Crippen LogP contribution is 2.32. The maximum absolute atomic E-state index is 5.46. The van der Waals surface area contributed by atoms with E-state index in [1.54, 1.807) is 0 Å². The highest BCUT2D eigenvalue weighted by molar-refractivity contribution is 5.30. The molecular formula is C9H12O2. The Morgan fingerprint density at radius 1 is 1.64 bits per heavy atom. The molecule has 2 rings (SSSR count). The number of fused-ring (bicyclic) bond motifs is 1. The van der Waals surface area contributed by atoms with Gasteiger partial charge in [-0.1, -0.05) is 17.7 Å². The van der Waals surface area contributed by atoms with Gasteiger partial charge in [-0.15, -0.1) is 0 Å². The van der Waals surface area contributed by atoms with Crippen molar-refractivity contribution in [1.82, 2.24) is 0 Å². The van der Waals surface area contributed by atoms with E-state index in [2.05, 4.69) is 32.1 Å². The Morgan fingerprint density at radius 3 is 3.27 bits per heavy atom. The van der Waals surface area contributed by atoms with Crippen molar-refractivity contribution < 1.29 is 9.47 Å². The zero-order chi connectivity index (χ0) is 7.90. The summed E-state index contributed by atoms with van der Waals surface area (Å²) < 4.78 is 10.8. The van der Waals surface area contributed by atoms with E-state index in [4.69, 9.17) is 9.47 Å². The van der Waals surface area contributed by atoms with Crippen LogP contribution in [0.15, 0.2) is 23.8 Å². The smallest absolute Gasteiger partial charge is 0.149 e. The third-order valence-corrected chi connectivity index (χ3v) is 2.23. The summed E-state index contributed by atoms with van der Waals surface area (Å²) >= 11 is 0. The second-order valence-electron chi connectivity index (χ2n) is 3.28. The Hall–Kier alpha value is -0.600. The van der Waals surface area contributed by atoms with Gasteiger partial charge in [0.2, 0.25) is 0 Å². The predicted molar refractivity (Wildman–Crippen MR) is 42.1 cm³/mol. The van der Waals surface area contributed by atoms with E-state index in [0.29, 0.717) is 6.79 Å². The summed E-state index contributed by atoms with van der Waals surface area (Å²) in [6, 6.07) is 0. The van der Waals surface area contributed by atoms with Crippen molar-refractivity contribution in [3.63, 3.8) is 0 Å². The number of ether oxygens (including phenoxy) is 2. The molecule has 0 aromatic heterocycles. The van der Waals surface area contributed by atoms with E-state index in [0.717, 1.165) is 0 Å². The van der Waals surface area contributed by atoms with E-state index in [9.17, 15) is 0 Å². The molecule has 0 aromatic carbocycles. The second-order valence-corrected chi connectivity index (χ2v) is 3.28. The van der Waals surface area contributed by atoms with Crippen molar-refractivity contribution in [2.24, 2.45) is 0 Å². The van der Waals surface area contributed by atoms with Crippen LogP contribution in [0.3, 0.4) is 0 Å². The molecule has 0 amide bonds. The van der Waals surface area contributed by atoms with E-state index in [-0.39, 0.29) is 11.7 Å². The Labute approximate surface area is 66.5 Å². The number of hydrogen-bond acceptors (Lipinski definition) is 2. The molecule has 0 bridgehead atoms. The summed E-state index contributed by atoms with van der Waals surface area (Å²) in [5.41, 5.74) is 1.04. The molecule has 2 aliphatic rings. The van der Waals surface area contributed by atoms with Gasteiger partial charge in [-0.25, -0.2) is 0 Å². The average molecular weight is 152 g/mol. The zero-order valence-electron chi connectivity index (χ0n) is 6.83. The van der Waals surface area contributed by atoms with Crippen molar-refractivity contribution in [2.45, 2.75) is 25.6 Å². The summed E-state index contributed by atoms with van der Waals surface area (Å²) in [5, 5.41) is 0. The number of allylic oxidation sites excluding steroid dienone is 2. The van der Waals surface area contributed by atoms with Crippen LogP contribution < -0.4 is 0 Å². The molecule has 2 atom stereocenters. The fourth-order valence-electron chi connectivity index (χ4n) is 1.59. The molecule has 1 saturated heterocycles. The van der Waals surface area contributed by atoms with Crippen LogP contribution >= 0.6 is 0 Å². The third kappa shape index (κ3) is 1.03. The molecule has 0 spiro atoms. The quantitative estimate of drug-likeness (QED) is 0.525. The first kappa shape index (κ1) is 7.07. The van der Waals surface area contributed by atoms with Crippen LogP contribution in [0.4, 0.5) is 0 Å². The molecule has 0 radical (unpaired) electrons. The fraction of sp³-hybridized carbons (Fsp3) is 0.556. The largest absolute Gasteiger partial charge is 0.345 e. The molecule has 2 unspecified atom stereocenters. The van der Waals surface area contributed by atoms with E-state index >= 15 is 0 Å². The molecule has 2 heteroatoms. The van der Waals surface area contributed by atoms with E-state index in [1.165, 1.54) is 5.57 Å². The van der Waals surface area contributed by atoms with Gasteiger partial charge in [0.25, 0.3) is 0 Å². The molecule has 60 valence electrons. The van der Waals surface area contributed by atoms with Gasteiger partial charge in [-0.3, -0.25) is 0 Å². The van der Waals surface area contributed by atoms with Crippen molar-refractivity contribution in [1.29, 1.82) is 0 Å². The lowest BCUT2D eigenvalue weighted by Crippen LogP contribution is -2.34. The van der Waals surface area contributed by atoms with E-state index in [1.807, 2.05) is 0 Å². The van der Waals surface area contributed by atoms with Crippen LogP contribution in [0, 0.1) is 0 Å². The molecule has 1 fully saturated rings. The minimum Gasteiger partial charge on any atom is -0.345 e. The van der Waals surface area contributed by atoms with Gasteiger partial charge in [0, 0.05) is 0 Å². The predicted octanol–water partition coefficient (Wildman–Crippen LogP) is 1.63. The average Bonchev–Trinajstić information content (AvgIpc) is 2.28. The molecule has 1 heterocycles. The van der Waals surface area contributed by atoms with Crippen LogP contribution in [0.25, 0.3) is 0 Å². The van der Waals surface area contributed by atoms with Gasteiger partial charge in [-0.05, 0) is 19.9 Å². The summed E-state index contributed by atoms with van der Waals surface area (Å²) in [6.45, 7) is 4.53. The van der Waals surface area contributed by atoms with Gasteiger partial charge < -0.3 is 9.47 Å². The zero-order valence-corrected chi connectivity index (χ0v) is 6.83. The monoisotopic (exact) mass is 152 g/mol. The van der Waals surface area contributed by atoms with Crippen molar-refractivity contribution in [3.05, 3.63) is 23.8 Å². The van der Waals surface area contributed by atoms with Crippen LogP contribution in [-0.4, -0.2) is 18.5 Å². The maximum Gasteiger partial charge on any atom is 0.149 e. The summed E-state index contributed by atoms with van der Waals surface area (Å²) in [6.07, 6.45) is 6.36. The molecule has 0 saturated carbocycles. The van der Waals surface area contributed by atoms with Gasteiger partial charge in [-0.2, -0.15) is 0 Å². The first-order chi connectivity index (χ1) is 5.21. The topological polar surface area (TPSA) is 18.5 Å². The lowest BCUT2D eigenvalue weighted by atomic mass is 9.91. The maximum atomic E-state index is 5.46. The van der Waals surface area contributed by atoms with Crippen LogP contribution in [-0.2, 0) is 9.47 Å². The minimum atomic E-state index is -0.209. The standard InChI is InChI=1S/C9H12O2/c1-7-3-4-8-9(2,5-7)11-6-10-8/h3-5,8H,6H2,1-2H3. The molecule has 0 aromatic rings. The Kier molecular flexibility index (Phi) is 1.41. The van der Waals surface area contributed by atoms with Crippen LogP contribution in [0.1, 0.15) is 13.8 Å². The normalized spacial score (nSPS) is 42.0.